The third kappa shape index (κ3) is 2.59. The van der Waals surface area contributed by atoms with Crippen LogP contribution in [0.4, 0.5) is 5.69 Å². The number of hydrogen-bond acceptors (Lipinski definition) is 4. The molecular formula is C12H15N3O2S. The third-order valence-electron chi connectivity index (χ3n) is 2.54. The van der Waals surface area contributed by atoms with Crippen LogP contribution in [0.5, 0.6) is 0 Å². The number of H-pyrrole nitrogens is 1. The molecule has 0 aliphatic heterocycles. The lowest BCUT2D eigenvalue weighted by Gasteiger charge is -2.02. The fourth-order valence-electron chi connectivity index (χ4n) is 1.63. The second-order valence-electron chi connectivity index (χ2n) is 3.96. The Hall–Kier alpha value is -1.69. The van der Waals surface area contributed by atoms with Crippen LogP contribution in [0.3, 0.4) is 0 Å². The smallest absolute Gasteiger partial charge is 0.291 e. The largest absolute Gasteiger partial charge is 0.455 e. The highest BCUT2D eigenvalue weighted by atomic mass is 32.2. The summed E-state index contributed by atoms with van der Waals surface area (Å²) in [6.07, 6.45) is 1.99. The molecule has 0 atom stereocenters. The van der Waals surface area contributed by atoms with E-state index in [4.69, 9.17) is 4.42 Å². The monoisotopic (exact) mass is 265 g/mol. The Morgan fingerprint density at radius 3 is 2.89 bits per heavy atom. The van der Waals surface area contributed by atoms with Crippen LogP contribution in [-0.2, 0) is 5.75 Å². The molecule has 0 saturated heterocycles. The zero-order chi connectivity index (χ0) is 13.1. The van der Waals surface area contributed by atoms with E-state index in [1.165, 1.54) is 0 Å². The number of carbonyl (C=O) groups excluding carboxylic acids is 1. The molecule has 0 aliphatic carbocycles. The molecule has 18 heavy (non-hydrogen) atoms. The minimum absolute atomic E-state index is 0.255. The van der Waals surface area contributed by atoms with E-state index in [-0.39, 0.29) is 5.91 Å². The van der Waals surface area contributed by atoms with E-state index >= 15 is 0 Å². The molecule has 2 aromatic heterocycles. The Bertz CT molecular complexity index is 540. The van der Waals surface area contributed by atoms with Gasteiger partial charge in [0, 0.05) is 0 Å². The number of nitrogens with zero attached hydrogens (tertiary/aromatic N) is 1. The molecule has 2 aromatic rings. The van der Waals surface area contributed by atoms with Crippen molar-refractivity contribution in [1.82, 2.24) is 10.2 Å². The Morgan fingerprint density at radius 2 is 2.28 bits per heavy atom. The molecule has 0 saturated carbocycles. The van der Waals surface area contributed by atoms with Gasteiger partial charge in [-0.2, -0.15) is 16.9 Å². The van der Waals surface area contributed by atoms with Crippen molar-refractivity contribution in [1.29, 1.82) is 0 Å². The van der Waals surface area contributed by atoms with E-state index in [0.717, 1.165) is 22.9 Å². The number of thioether (sulfide) groups is 1. The first-order chi connectivity index (χ1) is 8.61. The van der Waals surface area contributed by atoms with Gasteiger partial charge >= 0.3 is 0 Å². The highest BCUT2D eigenvalue weighted by molar-refractivity contribution is 7.97. The fourth-order valence-corrected chi connectivity index (χ4v) is 2.07. The maximum absolute atomic E-state index is 12.0. The van der Waals surface area contributed by atoms with Gasteiger partial charge < -0.3 is 9.73 Å². The highest BCUT2D eigenvalue weighted by Crippen LogP contribution is 2.19. The minimum Gasteiger partial charge on any atom is -0.455 e. The number of anilines is 1. The van der Waals surface area contributed by atoms with Crippen molar-refractivity contribution in [2.24, 2.45) is 0 Å². The lowest BCUT2D eigenvalue weighted by molar-refractivity contribution is 0.0995. The second kappa shape index (κ2) is 5.30. The van der Waals surface area contributed by atoms with E-state index < -0.39 is 0 Å². The zero-order valence-corrected chi connectivity index (χ0v) is 11.4. The molecule has 6 heteroatoms. The van der Waals surface area contributed by atoms with Crippen molar-refractivity contribution >= 4 is 23.4 Å². The van der Waals surface area contributed by atoms with Gasteiger partial charge in [-0.15, -0.1) is 0 Å². The van der Waals surface area contributed by atoms with Crippen LogP contribution in [0.15, 0.2) is 16.5 Å². The van der Waals surface area contributed by atoms with Crippen molar-refractivity contribution < 1.29 is 9.21 Å². The Kier molecular flexibility index (Phi) is 3.76. The Balaban J connectivity index is 2.12. The SMILES string of the molecule is CSCc1ccc(C(=O)Nc2c(C)n[nH]c2C)o1. The van der Waals surface area contributed by atoms with Crippen molar-refractivity contribution in [2.45, 2.75) is 19.6 Å². The molecule has 0 fully saturated rings. The van der Waals surface area contributed by atoms with E-state index in [1.807, 2.05) is 26.2 Å². The molecule has 0 spiro atoms. The lowest BCUT2D eigenvalue weighted by Crippen LogP contribution is -2.12. The van der Waals surface area contributed by atoms with E-state index in [2.05, 4.69) is 15.5 Å². The summed E-state index contributed by atoms with van der Waals surface area (Å²) in [5.41, 5.74) is 2.30. The van der Waals surface area contributed by atoms with Crippen molar-refractivity contribution in [3.05, 3.63) is 35.0 Å². The molecule has 0 unspecified atom stereocenters. The van der Waals surface area contributed by atoms with Crippen molar-refractivity contribution in [2.75, 3.05) is 11.6 Å². The predicted octanol–water partition coefficient (Wildman–Crippen LogP) is 2.73. The quantitative estimate of drug-likeness (QED) is 0.891. The Labute approximate surface area is 109 Å². The number of amides is 1. The first-order valence-electron chi connectivity index (χ1n) is 5.52. The molecule has 0 aromatic carbocycles. The maximum Gasteiger partial charge on any atom is 0.291 e. The number of furan rings is 1. The molecule has 2 N–H and O–H groups in total. The summed E-state index contributed by atoms with van der Waals surface area (Å²) in [6, 6.07) is 3.51. The fraction of sp³-hybridized carbons (Fsp3) is 0.333. The van der Waals surface area contributed by atoms with Crippen LogP contribution in [-0.4, -0.2) is 22.4 Å². The highest BCUT2D eigenvalue weighted by Gasteiger charge is 2.15. The van der Waals surface area contributed by atoms with Crippen LogP contribution < -0.4 is 5.32 Å². The number of nitrogens with one attached hydrogen (secondary N) is 2. The molecule has 1 amide bonds. The average molecular weight is 265 g/mol. The topological polar surface area (TPSA) is 70.9 Å². The molecule has 0 aliphatic rings. The molecule has 2 heterocycles. The van der Waals surface area contributed by atoms with E-state index in [9.17, 15) is 4.79 Å². The van der Waals surface area contributed by atoms with Crippen LogP contribution in [0, 0.1) is 13.8 Å². The third-order valence-corrected chi connectivity index (χ3v) is 3.11. The number of aromatic amines is 1. The van der Waals surface area contributed by atoms with Crippen LogP contribution in [0.2, 0.25) is 0 Å². The molecule has 2 rings (SSSR count). The van der Waals surface area contributed by atoms with Gasteiger partial charge in [-0.25, -0.2) is 0 Å². The summed E-state index contributed by atoms with van der Waals surface area (Å²) < 4.78 is 5.45. The van der Waals surface area contributed by atoms with Crippen molar-refractivity contribution in [3.8, 4) is 0 Å². The number of carbonyl (C=O) groups is 1. The Morgan fingerprint density at radius 1 is 1.50 bits per heavy atom. The molecule has 5 nitrogen and oxygen atoms in total. The molecule has 96 valence electrons. The maximum atomic E-state index is 12.0. The second-order valence-corrected chi connectivity index (χ2v) is 4.83. The van der Waals surface area contributed by atoms with E-state index in [1.54, 1.807) is 17.8 Å². The number of aryl methyl sites for hydroxylation is 2. The van der Waals surface area contributed by atoms with Crippen LogP contribution in [0.25, 0.3) is 0 Å². The van der Waals surface area contributed by atoms with Gasteiger partial charge in [0.2, 0.25) is 0 Å². The predicted molar refractivity (Wildman–Crippen MR) is 71.9 cm³/mol. The zero-order valence-electron chi connectivity index (χ0n) is 10.5. The van der Waals surface area contributed by atoms with Gasteiger partial charge in [-0.3, -0.25) is 9.89 Å². The lowest BCUT2D eigenvalue weighted by atomic mass is 10.3. The summed E-state index contributed by atoms with van der Waals surface area (Å²) >= 11 is 1.65. The number of rotatable bonds is 4. The average Bonchev–Trinajstić information content (AvgIpc) is 2.91. The van der Waals surface area contributed by atoms with Gasteiger partial charge in [0.15, 0.2) is 5.76 Å². The van der Waals surface area contributed by atoms with E-state index in [0.29, 0.717) is 11.4 Å². The van der Waals surface area contributed by atoms with Gasteiger partial charge in [-0.05, 0) is 32.2 Å². The molecule has 0 bridgehead atoms. The summed E-state index contributed by atoms with van der Waals surface area (Å²) in [7, 11) is 0. The summed E-state index contributed by atoms with van der Waals surface area (Å²) in [5.74, 6) is 1.62. The first-order valence-corrected chi connectivity index (χ1v) is 6.91. The van der Waals surface area contributed by atoms with Crippen molar-refractivity contribution in [3.63, 3.8) is 0 Å². The number of aromatic nitrogens is 2. The molecule has 0 radical (unpaired) electrons. The standard InChI is InChI=1S/C12H15N3O2S/c1-7-11(8(2)15-14-7)13-12(16)10-5-4-9(17-10)6-18-3/h4-5H,6H2,1-3H3,(H,13,16)(H,14,15). The first kappa shape index (κ1) is 12.8. The van der Waals surface area contributed by atoms with Gasteiger partial charge in [0.05, 0.1) is 22.8 Å². The van der Waals surface area contributed by atoms with Gasteiger partial charge in [-0.1, -0.05) is 0 Å². The van der Waals surface area contributed by atoms with Gasteiger partial charge in [0.25, 0.3) is 5.91 Å². The minimum atomic E-state index is -0.255. The summed E-state index contributed by atoms with van der Waals surface area (Å²) in [6.45, 7) is 3.69. The number of hydrogen-bond donors (Lipinski definition) is 2. The van der Waals surface area contributed by atoms with Crippen LogP contribution >= 0.6 is 11.8 Å². The van der Waals surface area contributed by atoms with Gasteiger partial charge in [0.1, 0.15) is 5.76 Å². The van der Waals surface area contributed by atoms with Crippen LogP contribution in [0.1, 0.15) is 27.7 Å². The summed E-state index contributed by atoms with van der Waals surface area (Å²) in [4.78, 5) is 12.0. The summed E-state index contributed by atoms with van der Waals surface area (Å²) in [5, 5.41) is 9.64. The normalized spacial score (nSPS) is 10.6. The molecular weight excluding hydrogens is 250 g/mol.